The maximum absolute atomic E-state index is 12.4. The summed E-state index contributed by atoms with van der Waals surface area (Å²) in [7, 11) is -3.40. The Labute approximate surface area is 117 Å². The van der Waals surface area contributed by atoms with Gasteiger partial charge in [-0.1, -0.05) is 29.8 Å². The number of benzene rings is 2. The molecule has 0 radical (unpaired) electrons. The lowest BCUT2D eigenvalue weighted by Gasteiger charge is -2.09. The van der Waals surface area contributed by atoms with Crippen molar-refractivity contribution < 1.29 is 8.42 Å². The van der Waals surface area contributed by atoms with Gasteiger partial charge in [0.15, 0.2) is 9.84 Å². The lowest BCUT2D eigenvalue weighted by Crippen LogP contribution is -2.08. The van der Waals surface area contributed by atoms with E-state index in [0.717, 1.165) is 0 Å². The highest BCUT2D eigenvalue weighted by Gasteiger charge is 2.18. The topological polar surface area (TPSA) is 60.2 Å². The van der Waals surface area contributed by atoms with Gasteiger partial charge in [-0.25, -0.2) is 8.42 Å². The van der Waals surface area contributed by atoms with Crippen molar-refractivity contribution in [2.24, 2.45) is 0 Å². The maximum atomic E-state index is 12.4. The molecule has 2 aromatic carbocycles. The van der Waals surface area contributed by atoms with E-state index in [0.29, 0.717) is 21.8 Å². The summed E-state index contributed by atoms with van der Waals surface area (Å²) in [4.78, 5) is 0.280. The number of nitrogen functional groups attached to an aromatic ring is 1. The van der Waals surface area contributed by atoms with Crippen LogP contribution in [0.25, 0.3) is 0 Å². The Morgan fingerprint density at radius 2 is 1.74 bits per heavy atom. The van der Waals surface area contributed by atoms with Gasteiger partial charge < -0.3 is 5.73 Å². The van der Waals surface area contributed by atoms with E-state index < -0.39 is 9.84 Å². The Morgan fingerprint density at radius 1 is 1.11 bits per heavy atom. The van der Waals surface area contributed by atoms with Gasteiger partial charge >= 0.3 is 0 Å². The molecule has 2 rings (SSSR count). The summed E-state index contributed by atoms with van der Waals surface area (Å²) in [5.74, 6) is -0.0610. The fourth-order valence-corrected chi connectivity index (χ4v) is 3.63. The molecule has 0 heterocycles. The van der Waals surface area contributed by atoms with E-state index in [2.05, 4.69) is 0 Å². The van der Waals surface area contributed by atoms with E-state index in [9.17, 15) is 8.42 Å². The van der Waals surface area contributed by atoms with Gasteiger partial charge in [-0.3, -0.25) is 0 Å². The van der Waals surface area contributed by atoms with Crippen LogP contribution in [0.1, 0.15) is 11.1 Å². The molecule has 100 valence electrons. The van der Waals surface area contributed by atoms with E-state index in [1.54, 1.807) is 49.4 Å². The van der Waals surface area contributed by atoms with Crippen molar-refractivity contribution in [2.75, 3.05) is 5.73 Å². The first kappa shape index (κ1) is 13.9. The molecule has 2 aromatic rings. The van der Waals surface area contributed by atoms with Crippen LogP contribution in [0.15, 0.2) is 47.4 Å². The van der Waals surface area contributed by atoms with Crippen molar-refractivity contribution in [3.63, 3.8) is 0 Å². The van der Waals surface area contributed by atoms with Crippen LogP contribution in [0.5, 0.6) is 0 Å². The zero-order chi connectivity index (χ0) is 14.0. The van der Waals surface area contributed by atoms with Gasteiger partial charge in [-0.05, 0) is 42.3 Å². The van der Waals surface area contributed by atoms with Crippen molar-refractivity contribution in [1.82, 2.24) is 0 Å². The molecule has 0 bridgehead atoms. The monoisotopic (exact) mass is 295 g/mol. The zero-order valence-electron chi connectivity index (χ0n) is 10.4. The van der Waals surface area contributed by atoms with Crippen molar-refractivity contribution in [3.05, 3.63) is 58.6 Å². The molecule has 0 aliphatic rings. The molecule has 3 nitrogen and oxygen atoms in total. The number of sulfone groups is 1. The van der Waals surface area contributed by atoms with Crippen LogP contribution in [0.2, 0.25) is 5.02 Å². The second kappa shape index (κ2) is 5.23. The molecule has 0 saturated heterocycles. The summed E-state index contributed by atoms with van der Waals surface area (Å²) in [6, 6.07) is 11.7. The van der Waals surface area contributed by atoms with Gasteiger partial charge in [0.25, 0.3) is 0 Å². The standard InChI is InChI=1S/C14H14ClNO2S/c1-10-13(16)3-2-4-14(10)19(17,18)9-11-5-7-12(15)8-6-11/h2-8H,9,16H2,1H3. The number of halogens is 1. The Morgan fingerprint density at radius 3 is 2.37 bits per heavy atom. The largest absolute Gasteiger partial charge is 0.398 e. The predicted molar refractivity (Wildman–Crippen MR) is 77.9 cm³/mol. The van der Waals surface area contributed by atoms with Crippen molar-refractivity contribution in [2.45, 2.75) is 17.6 Å². The summed E-state index contributed by atoms with van der Waals surface area (Å²) in [5.41, 5.74) is 7.53. The van der Waals surface area contributed by atoms with Crippen molar-refractivity contribution in [1.29, 1.82) is 0 Å². The van der Waals surface area contributed by atoms with Gasteiger partial charge in [0.05, 0.1) is 10.6 Å². The van der Waals surface area contributed by atoms with Crippen LogP contribution in [-0.4, -0.2) is 8.42 Å². The molecule has 0 unspecified atom stereocenters. The minimum absolute atomic E-state index is 0.0610. The first-order chi connectivity index (χ1) is 8.90. The number of rotatable bonds is 3. The quantitative estimate of drug-likeness (QED) is 0.885. The third-order valence-electron chi connectivity index (χ3n) is 2.93. The maximum Gasteiger partial charge on any atom is 0.182 e. The average Bonchev–Trinajstić information content (AvgIpc) is 2.35. The van der Waals surface area contributed by atoms with Crippen LogP contribution in [0.3, 0.4) is 0 Å². The van der Waals surface area contributed by atoms with Crippen LogP contribution in [-0.2, 0) is 15.6 Å². The molecule has 0 aliphatic heterocycles. The molecule has 0 aliphatic carbocycles. The number of hydrogen-bond acceptors (Lipinski definition) is 3. The normalized spacial score (nSPS) is 11.5. The van der Waals surface area contributed by atoms with Gasteiger partial charge in [0, 0.05) is 10.7 Å². The lowest BCUT2D eigenvalue weighted by molar-refractivity contribution is 0.594. The molecule has 0 spiro atoms. The third kappa shape index (κ3) is 3.08. The van der Waals surface area contributed by atoms with Crippen LogP contribution >= 0.6 is 11.6 Å². The molecule has 5 heteroatoms. The highest BCUT2D eigenvalue weighted by Crippen LogP contribution is 2.24. The zero-order valence-corrected chi connectivity index (χ0v) is 12.0. The van der Waals surface area contributed by atoms with E-state index >= 15 is 0 Å². The Bertz CT molecular complexity index is 694. The van der Waals surface area contributed by atoms with Gasteiger partial charge in [-0.15, -0.1) is 0 Å². The van der Waals surface area contributed by atoms with Gasteiger partial charge in [0.1, 0.15) is 0 Å². The molecule has 0 saturated carbocycles. The van der Waals surface area contributed by atoms with Crippen LogP contribution in [0, 0.1) is 6.92 Å². The van der Waals surface area contributed by atoms with E-state index in [1.165, 1.54) is 0 Å². The van der Waals surface area contributed by atoms with Crippen LogP contribution < -0.4 is 5.73 Å². The molecule has 19 heavy (non-hydrogen) atoms. The minimum atomic E-state index is -3.40. The van der Waals surface area contributed by atoms with Crippen molar-refractivity contribution in [3.8, 4) is 0 Å². The summed E-state index contributed by atoms with van der Waals surface area (Å²) < 4.78 is 24.7. The first-order valence-corrected chi connectivity index (χ1v) is 7.75. The summed E-state index contributed by atoms with van der Waals surface area (Å²) in [5, 5.41) is 0.585. The number of anilines is 1. The molecule has 0 amide bonds. The number of hydrogen-bond donors (Lipinski definition) is 1. The van der Waals surface area contributed by atoms with Crippen molar-refractivity contribution >= 4 is 27.1 Å². The highest BCUT2D eigenvalue weighted by atomic mass is 35.5. The van der Waals surface area contributed by atoms with Gasteiger partial charge in [0.2, 0.25) is 0 Å². The molecule has 0 atom stereocenters. The molecular weight excluding hydrogens is 282 g/mol. The third-order valence-corrected chi connectivity index (χ3v) is 5.01. The SMILES string of the molecule is Cc1c(N)cccc1S(=O)(=O)Cc1ccc(Cl)cc1. The molecule has 2 N–H and O–H groups in total. The smallest absolute Gasteiger partial charge is 0.182 e. The fourth-order valence-electron chi connectivity index (χ4n) is 1.85. The average molecular weight is 296 g/mol. The number of nitrogens with two attached hydrogens (primary N) is 1. The van der Waals surface area contributed by atoms with E-state index in [4.69, 9.17) is 17.3 Å². The Kier molecular flexibility index (Phi) is 3.83. The second-order valence-electron chi connectivity index (χ2n) is 4.36. The van der Waals surface area contributed by atoms with Gasteiger partial charge in [-0.2, -0.15) is 0 Å². The molecular formula is C14H14ClNO2S. The summed E-state index contributed by atoms with van der Waals surface area (Å²) in [6.45, 7) is 1.71. The van der Waals surface area contributed by atoms with Crippen LogP contribution in [0.4, 0.5) is 5.69 Å². The Hall–Kier alpha value is -1.52. The first-order valence-electron chi connectivity index (χ1n) is 5.72. The molecule has 0 fully saturated rings. The second-order valence-corrected chi connectivity index (χ2v) is 6.75. The minimum Gasteiger partial charge on any atom is -0.398 e. The highest BCUT2D eigenvalue weighted by molar-refractivity contribution is 7.90. The Balaban J connectivity index is 2.38. The van der Waals surface area contributed by atoms with E-state index in [1.807, 2.05) is 0 Å². The summed E-state index contributed by atoms with van der Waals surface area (Å²) >= 11 is 5.78. The molecule has 0 aromatic heterocycles. The van der Waals surface area contributed by atoms with E-state index in [-0.39, 0.29) is 10.6 Å². The lowest BCUT2D eigenvalue weighted by atomic mass is 10.2. The predicted octanol–water partition coefficient (Wildman–Crippen LogP) is 3.20. The summed E-state index contributed by atoms with van der Waals surface area (Å²) in [6.07, 6.45) is 0. The fraction of sp³-hybridized carbons (Fsp3) is 0.143.